The number of amides is 1. The van der Waals surface area contributed by atoms with Crippen molar-refractivity contribution in [3.63, 3.8) is 0 Å². The number of piperidine rings is 1. The molecule has 0 spiro atoms. The molecule has 0 bridgehead atoms. The van der Waals surface area contributed by atoms with E-state index in [1.54, 1.807) is 0 Å². The highest BCUT2D eigenvalue weighted by molar-refractivity contribution is 5.76. The quantitative estimate of drug-likeness (QED) is 0.738. The smallest absolute Gasteiger partial charge is 0.222 e. The van der Waals surface area contributed by atoms with Crippen LogP contribution in [0, 0.1) is 0 Å². The molecule has 5 heteroatoms. The van der Waals surface area contributed by atoms with Crippen molar-refractivity contribution in [2.75, 3.05) is 13.1 Å². The second-order valence-corrected chi connectivity index (χ2v) is 7.53. The summed E-state index contributed by atoms with van der Waals surface area (Å²) in [6.07, 6.45) is 14.8. The summed E-state index contributed by atoms with van der Waals surface area (Å²) in [7, 11) is 0. The standard InChI is InChI=1S/C19H32N4O/c1-2-3-5-10-19(24)22-13-11-17(12-14-22)23-15-18(20-21-23)16-8-6-4-7-9-16/h15-17H,2-14H2,1H3. The molecule has 0 aromatic carbocycles. The number of carbonyl (C=O) groups excluding carboxylic acids is 1. The predicted molar refractivity (Wildman–Crippen MR) is 94.8 cm³/mol. The lowest BCUT2D eigenvalue weighted by atomic mass is 9.87. The van der Waals surface area contributed by atoms with Crippen molar-refractivity contribution in [2.24, 2.45) is 0 Å². The van der Waals surface area contributed by atoms with E-state index in [0.29, 0.717) is 24.3 Å². The van der Waals surface area contributed by atoms with Gasteiger partial charge in [-0.15, -0.1) is 5.10 Å². The lowest BCUT2D eigenvalue weighted by Crippen LogP contribution is -2.39. The Kier molecular flexibility index (Phi) is 6.27. The number of unbranched alkanes of at least 4 members (excludes halogenated alkanes) is 2. The molecule has 24 heavy (non-hydrogen) atoms. The van der Waals surface area contributed by atoms with Gasteiger partial charge in [0, 0.05) is 31.6 Å². The fourth-order valence-electron chi connectivity index (χ4n) is 4.12. The second kappa shape index (κ2) is 8.63. The number of rotatable bonds is 6. The Morgan fingerprint density at radius 2 is 1.88 bits per heavy atom. The zero-order valence-corrected chi connectivity index (χ0v) is 15.1. The van der Waals surface area contributed by atoms with Gasteiger partial charge in [-0.2, -0.15) is 0 Å². The van der Waals surface area contributed by atoms with Gasteiger partial charge in [-0.05, 0) is 32.1 Å². The van der Waals surface area contributed by atoms with Crippen molar-refractivity contribution < 1.29 is 4.79 Å². The maximum absolute atomic E-state index is 12.2. The fourth-order valence-corrected chi connectivity index (χ4v) is 4.12. The molecule has 1 saturated heterocycles. The summed E-state index contributed by atoms with van der Waals surface area (Å²) in [4.78, 5) is 14.3. The topological polar surface area (TPSA) is 51.0 Å². The van der Waals surface area contributed by atoms with Crippen LogP contribution in [0.2, 0.25) is 0 Å². The Morgan fingerprint density at radius 3 is 2.58 bits per heavy atom. The van der Waals surface area contributed by atoms with Gasteiger partial charge in [-0.1, -0.05) is 44.2 Å². The molecule has 1 saturated carbocycles. The first-order valence-electron chi connectivity index (χ1n) is 9.97. The Labute approximate surface area is 145 Å². The van der Waals surface area contributed by atoms with Gasteiger partial charge in [0.05, 0.1) is 11.7 Å². The summed E-state index contributed by atoms with van der Waals surface area (Å²) in [5.41, 5.74) is 1.19. The fraction of sp³-hybridized carbons (Fsp3) is 0.842. The maximum Gasteiger partial charge on any atom is 0.222 e. The van der Waals surface area contributed by atoms with E-state index in [1.807, 2.05) is 4.90 Å². The number of hydrogen-bond acceptors (Lipinski definition) is 3. The molecule has 0 N–H and O–H groups in total. The molecule has 134 valence electrons. The van der Waals surface area contributed by atoms with E-state index in [-0.39, 0.29) is 0 Å². The monoisotopic (exact) mass is 332 g/mol. The summed E-state index contributed by atoms with van der Waals surface area (Å²) in [6.45, 7) is 3.91. The first-order chi connectivity index (χ1) is 11.8. The number of aromatic nitrogens is 3. The van der Waals surface area contributed by atoms with Crippen LogP contribution in [0.25, 0.3) is 0 Å². The highest BCUT2D eigenvalue weighted by Gasteiger charge is 2.25. The molecule has 1 aromatic heterocycles. The molecule has 2 heterocycles. The highest BCUT2D eigenvalue weighted by Crippen LogP contribution is 2.32. The first kappa shape index (κ1) is 17.4. The van der Waals surface area contributed by atoms with Crippen LogP contribution in [0.5, 0.6) is 0 Å². The molecular weight excluding hydrogens is 300 g/mol. The van der Waals surface area contributed by atoms with E-state index in [2.05, 4.69) is 28.1 Å². The molecule has 0 atom stereocenters. The zero-order valence-electron chi connectivity index (χ0n) is 15.1. The van der Waals surface area contributed by atoms with E-state index in [0.717, 1.165) is 38.8 Å². The third-order valence-corrected chi connectivity index (χ3v) is 5.74. The van der Waals surface area contributed by atoms with Crippen LogP contribution in [0.4, 0.5) is 0 Å². The maximum atomic E-state index is 12.2. The average Bonchev–Trinajstić information content (AvgIpc) is 3.13. The Balaban J connectivity index is 1.48. The van der Waals surface area contributed by atoms with Crippen molar-refractivity contribution in [3.05, 3.63) is 11.9 Å². The van der Waals surface area contributed by atoms with Gasteiger partial charge < -0.3 is 4.90 Å². The van der Waals surface area contributed by atoms with Crippen molar-refractivity contribution in [2.45, 2.75) is 89.5 Å². The van der Waals surface area contributed by atoms with E-state index in [1.165, 1.54) is 44.2 Å². The third-order valence-electron chi connectivity index (χ3n) is 5.74. The van der Waals surface area contributed by atoms with E-state index >= 15 is 0 Å². The van der Waals surface area contributed by atoms with Crippen LogP contribution < -0.4 is 0 Å². The Bertz CT molecular complexity index is 513. The molecule has 0 unspecified atom stereocenters. The molecule has 1 aromatic rings. The second-order valence-electron chi connectivity index (χ2n) is 7.53. The van der Waals surface area contributed by atoms with Gasteiger partial charge in [0.15, 0.2) is 0 Å². The van der Waals surface area contributed by atoms with E-state index in [4.69, 9.17) is 0 Å². The minimum atomic E-state index is 0.336. The van der Waals surface area contributed by atoms with Crippen molar-refractivity contribution in [3.8, 4) is 0 Å². The number of carbonyl (C=O) groups is 1. The van der Waals surface area contributed by atoms with Crippen LogP contribution in [-0.2, 0) is 4.79 Å². The summed E-state index contributed by atoms with van der Waals surface area (Å²) in [5, 5.41) is 8.86. The van der Waals surface area contributed by atoms with Crippen LogP contribution in [-0.4, -0.2) is 38.9 Å². The SMILES string of the molecule is CCCCCC(=O)N1CCC(n2cc(C3CCCCC3)nn2)CC1. The summed E-state index contributed by atoms with van der Waals surface area (Å²) in [5.74, 6) is 0.955. The zero-order chi connectivity index (χ0) is 16.8. The van der Waals surface area contributed by atoms with Crippen LogP contribution in [0.3, 0.4) is 0 Å². The van der Waals surface area contributed by atoms with Crippen LogP contribution in [0.15, 0.2) is 6.20 Å². The van der Waals surface area contributed by atoms with Gasteiger partial charge in [-0.25, -0.2) is 4.68 Å². The van der Waals surface area contributed by atoms with E-state index in [9.17, 15) is 4.79 Å². The largest absolute Gasteiger partial charge is 0.343 e. The molecule has 1 aliphatic carbocycles. The van der Waals surface area contributed by atoms with Crippen LogP contribution in [0.1, 0.15) is 95.2 Å². The highest BCUT2D eigenvalue weighted by atomic mass is 16.2. The van der Waals surface area contributed by atoms with Gasteiger partial charge in [0.2, 0.25) is 5.91 Å². The average molecular weight is 332 g/mol. The van der Waals surface area contributed by atoms with Crippen LogP contribution >= 0.6 is 0 Å². The third kappa shape index (κ3) is 4.37. The molecular formula is C19H32N4O. The van der Waals surface area contributed by atoms with Gasteiger partial charge >= 0.3 is 0 Å². The molecule has 2 aliphatic rings. The van der Waals surface area contributed by atoms with Crippen molar-refractivity contribution >= 4 is 5.91 Å². The molecule has 5 nitrogen and oxygen atoms in total. The number of likely N-dealkylation sites (tertiary alicyclic amines) is 1. The Morgan fingerprint density at radius 1 is 1.12 bits per heavy atom. The summed E-state index contributed by atoms with van der Waals surface area (Å²) >= 11 is 0. The summed E-state index contributed by atoms with van der Waals surface area (Å²) in [6, 6.07) is 0.412. The van der Waals surface area contributed by atoms with Crippen molar-refractivity contribution in [1.29, 1.82) is 0 Å². The first-order valence-corrected chi connectivity index (χ1v) is 9.97. The lowest BCUT2D eigenvalue weighted by molar-refractivity contribution is -0.132. The molecule has 2 fully saturated rings. The molecule has 1 aliphatic heterocycles. The summed E-state index contributed by atoms with van der Waals surface area (Å²) < 4.78 is 2.07. The molecule has 0 radical (unpaired) electrons. The Hall–Kier alpha value is -1.39. The van der Waals surface area contributed by atoms with Gasteiger partial charge in [0.1, 0.15) is 0 Å². The number of nitrogens with zero attached hydrogens (tertiary/aromatic N) is 4. The van der Waals surface area contributed by atoms with Gasteiger partial charge in [0.25, 0.3) is 0 Å². The number of hydrogen-bond donors (Lipinski definition) is 0. The predicted octanol–water partition coefficient (Wildman–Crippen LogP) is 4.07. The molecule has 1 amide bonds. The van der Waals surface area contributed by atoms with Crippen molar-refractivity contribution in [1.82, 2.24) is 19.9 Å². The molecule has 3 rings (SSSR count). The van der Waals surface area contributed by atoms with Gasteiger partial charge in [-0.3, -0.25) is 4.79 Å². The minimum Gasteiger partial charge on any atom is -0.343 e. The van der Waals surface area contributed by atoms with E-state index < -0.39 is 0 Å². The minimum absolute atomic E-state index is 0.336. The normalized spacial score (nSPS) is 20.5. The lowest BCUT2D eigenvalue weighted by Gasteiger charge is -2.32.